The Morgan fingerprint density at radius 2 is 2.15 bits per heavy atom. The average molecular weight is 278 g/mol. The molecule has 1 fully saturated rings. The molecule has 0 bridgehead atoms. The van der Waals surface area contributed by atoms with E-state index in [2.05, 4.69) is 12.2 Å². The summed E-state index contributed by atoms with van der Waals surface area (Å²) < 4.78 is 11.1. The lowest BCUT2D eigenvalue weighted by Gasteiger charge is -2.13. The fourth-order valence-corrected chi connectivity index (χ4v) is 2.15. The summed E-state index contributed by atoms with van der Waals surface area (Å²) in [6, 6.07) is 7.36. The maximum atomic E-state index is 12.0. The number of ether oxygens (including phenoxy) is 2. The maximum absolute atomic E-state index is 12.0. The second-order valence-electron chi connectivity index (χ2n) is 4.92. The first-order chi connectivity index (χ1) is 9.72. The fraction of sp³-hybridized carbons (Fsp3) is 0.533. The van der Waals surface area contributed by atoms with Gasteiger partial charge >= 0.3 is 0 Å². The first-order valence-electron chi connectivity index (χ1n) is 7.12. The quantitative estimate of drug-likeness (QED) is 0.833. The van der Waals surface area contributed by atoms with Crippen molar-refractivity contribution >= 4 is 11.6 Å². The molecule has 1 aromatic rings. The molecule has 2 unspecified atom stereocenters. The summed E-state index contributed by atoms with van der Waals surface area (Å²) in [6.07, 6.45) is 2.17. The molecule has 110 valence electrons. The van der Waals surface area contributed by atoms with Crippen molar-refractivity contribution in [2.75, 3.05) is 18.5 Å². The summed E-state index contributed by atoms with van der Waals surface area (Å²) in [5.41, 5.74) is 6.28. The third-order valence-electron chi connectivity index (χ3n) is 3.26. The van der Waals surface area contributed by atoms with E-state index < -0.39 is 0 Å². The van der Waals surface area contributed by atoms with E-state index in [1.807, 2.05) is 24.3 Å². The molecule has 0 spiro atoms. The highest BCUT2D eigenvalue weighted by molar-refractivity contribution is 5.94. The molecule has 20 heavy (non-hydrogen) atoms. The van der Waals surface area contributed by atoms with Gasteiger partial charge in [0.25, 0.3) is 5.91 Å². The van der Waals surface area contributed by atoms with Crippen molar-refractivity contribution in [1.82, 2.24) is 0 Å². The Bertz CT molecular complexity index is 433. The van der Waals surface area contributed by atoms with Gasteiger partial charge in [0.2, 0.25) is 0 Å². The van der Waals surface area contributed by atoms with E-state index in [1.54, 1.807) is 0 Å². The lowest BCUT2D eigenvalue weighted by molar-refractivity contribution is -0.126. The Labute approximate surface area is 119 Å². The number of carbonyl (C=O) groups excluding carboxylic acids is 1. The van der Waals surface area contributed by atoms with Crippen LogP contribution in [0, 0.1) is 0 Å². The summed E-state index contributed by atoms with van der Waals surface area (Å²) in [4.78, 5) is 12.0. The Kier molecular flexibility index (Phi) is 5.38. The van der Waals surface area contributed by atoms with Gasteiger partial charge in [-0.2, -0.15) is 0 Å². The van der Waals surface area contributed by atoms with Crippen molar-refractivity contribution in [2.24, 2.45) is 5.73 Å². The lowest BCUT2D eigenvalue weighted by Crippen LogP contribution is -2.29. The minimum Gasteiger partial charge on any atom is -0.494 e. The van der Waals surface area contributed by atoms with Gasteiger partial charge in [0.15, 0.2) is 0 Å². The van der Waals surface area contributed by atoms with Crippen LogP contribution in [-0.4, -0.2) is 31.3 Å². The highest BCUT2D eigenvalue weighted by Gasteiger charge is 2.29. The third-order valence-corrected chi connectivity index (χ3v) is 3.26. The van der Waals surface area contributed by atoms with Crippen LogP contribution in [-0.2, 0) is 9.53 Å². The number of carbonyl (C=O) groups is 1. The highest BCUT2D eigenvalue weighted by Crippen LogP contribution is 2.21. The van der Waals surface area contributed by atoms with Crippen molar-refractivity contribution in [3.63, 3.8) is 0 Å². The predicted octanol–water partition coefficient (Wildman–Crippen LogP) is 1.92. The number of rotatable bonds is 6. The molecule has 1 aliphatic rings. The second-order valence-corrected chi connectivity index (χ2v) is 4.92. The molecular formula is C15H22N2O3. The van der Waals surface area contributed by atoms with Crippen LogP contribution in [0.1, 0.15) is 26.2 Å². The van der Waals surface area contributed by atoms with Crippen molar-refractivity contribution in [1.29, 1.82) is 0 Å². The van der Waals surface area contributed by atoms with Crippen LogP contribution >= 0.6 is 0 Å². The van der Waals surface area contributed by atoms with Gasteiger partial charge in [-0.15, -0.1) is 0 Å². The molecule has 0 radical (unpaired) electrons. The third kappa shape index (κ3) is 3.95. The SMILES string of the molecule is CCCOc1ccc(NC(=O)C2CCC(CN)O2)cc1. The minimum absolute atomic E-state index is 0.00979. The zero-order chi connectivity index (χ0) is 14.4. The van der Waals surface area contributed by atoms with Gasteiger partial charge in [-0.25, -0.2) is 0 Å². The first kappa shape index (κ1) is 14.8. The maximum Gasteiger partial charge on any atom is 0.253 e. The zero-order valence-corrected chi connectivity index (χ0v) is 11.8. The Morgan fingerprint density at radius 3 is 2.75 bits per heavy atom. The molecule has 1 saturated heterocycles. The Balaban J connectivity index is 1.85. The number of nitrogens with two attached hydrogens (primary N) is 1. The number of amides is 1. The zero-order valence-electron chi connectivity index (χ0n) is 11.8. The van der Waals surface area contributed by atoms with Gasteiger partial charge in [-0.3, -0.25) is 4.79 Å². The largest absolute Gasteiger partial charge is 0.494 e. The standard InChI is InChI=1S/C15H22N2O3/c1-2-9-19-12-5-3-11(4-6-12)17-15(18)14-8-7-13(10-16)20-14/h3-6,13-14H,2,7-10,16H2,1H3,(H,17,18). The fourth-order valence-electron chi connectivity index (χ4n) is 2.15. The molecule has 2 atom stereocenters. The van der Waals surface area contributed by atoms with Crippen LogP contribution in [0.25, 0.3) is 0 Å². The molecule has 2 rings (SSSR count). The van der Waals surface area contributed by atoms with Crippen molar-refractivity contribution < 1.29 is 14.3 Å². The second kappa shape index (κ2) is 7.26. The van der Waals surface area contributed by atoms with Gasteiger partial charge in [0.05, 0.1) is 12.7 Å². The van der Waals surface area contributed by atoms with Gasteiger partial charge in [-0.1, -0.05) is 6.92 Å². The topological polar surface area (TPSA) is 73.6 Å². The van der Waals surface area contributed by atoms with E-state index in [0.717, 1.165) is 30.7 Å². The summed E-state index contributed by atoms with van der Waals surface area (Å²) in [5.74, 6) is 0.702. The van der Waals surface area contributed by atoms with Crippen LogP contribution in [0.5, 0.6) is 5.75 Å². The molecule has 1 amide bonds. The molecule has 0 saturated carbocycles. The average Bonchev–Trinajstić information content (AvgIpc) is 2.95. The van der Waals surface area contributed by atoms with E-state index in [9.17, 15) is 4.79 Å². The summed E-state index contributed by atoms with van der Waals surface area (Å²) in [5, 5.41) is 2.85. The van der Waals surface area contributed by atoms with Crippen LogP contribution in [0.15, 0.2) is 24.3 Å². The summed E-state index contributed by atoms with van der Waals surface area (Å²) in [7, 11) is 0. The molecule has 0 aliphatic carbocycles. The molecule has 3 N–H and O–H groups in total. The molecule has 1 aliphatic heterocycles. The van der Waals surface area contributed by atoms with Crippen LogP contribution in [0.3, 0.4) is 0 Å². The van der Waals surface area contributed by atoms with Crippen LogP contribution in [0.4, 0.5) is 5.69 Å². The van der Waals surface area contributed by atoms with E-state index in [-0.39, 0.29) is 18.1 Å². The lowest BCUT2D eigenvalue weighted by atomic mass is 10.2. The van der Waals surface area contributed by atoms with Crippen LogP contribution < -0.4 is 15.8 Å². The van der Waals surface area contributed by atoms with Gasteiger partial charge in [0.1, 0.15) is 11.9 Å². The van der Waals surface area contributed by atoms with Crippen molar-refractivity contribution in [3.05, 3.63) is 24.3 Å². The number of benzene rings is 1. The molecule has 1 aromatic carbocycles. The Morgan fingerprint density at radius 1 is 1.40 bits per heavy atom. The van der Waals surface area contributed by atoms with Crippen molar-refractivity contribution in [3.8, 4) is 5.75 Å². The predicted molar refractivity (Wildman–Crippen MR) is 77.8 cm³/mol. The number of hydrogen-bond acceptors (Lipinski definition) is 4. The molecule has 5 nitrogen and oxygen atoms in total. The molecule has 5 heteroatoms. The van der Waals surface area contributed by atoms with E-state index in [4.69, 9.17) is 15.2 Å². The van der Waals surface area contributed by atoms with Gasteiger partial charge < -0.3 is 20.5 Å². The number of anilines is 1. The normalized spacial score (nSPS) is 21.7. The van der Waals surface area contributed by atoms with Crippen LogP contribution in [0.2, 0.25) is 0 Å². The summed E-state index contributed by atoms with van der Waals surface area (Å²) >= 11 is 0. The number of hydrogen-bond donors (Lipinski definition) is 2. The van der Waals surface area contributed by atoms with Gasteiger partial charge in [-0.05, 0) is 43.5 Å². The number of nitrogens with one attached hydrogen (secondary N) is 1. The highest BCUT2D eigenvalue weighted by atomic mass is 16.5. The van der Waals surface area contributed by atoms with E-state index in [1.165, 1.54) is 0 Å². The summed E-state index contributed by atoms with van der Waals surface area (Å²) in [6.45, 7) is 3.22. The Hall–Kier alpha value is -1.59. The van der Waals surface area contributed by atoms with Gasteiger partial charge in [0, 0.05) is 12.2 Å². The molecular weight excluding hydrogens is 256 g/mol. The minimum atomic E-state index is -0.389. The smallest absolute Gasteiger partial charge is 0.253 e. The first-order valence-corrected chi connectivity index (χ1v) is 7.12. The molecule has 0 aromatic heterocycles. The van der Waals surface area contributed by atoms with Crippen molar-refractivity contribution in [2.45, 2.75) is 38.4 Å². The van der Waals surface area contributed by atoms with E-state index >= 15 is 0 Å². The molecule has 1 heterocycles. The van der Waals surface area contributed by atoms with E-state index in [0.29, 0.717) is 13.2 Å². The monoisotopic (exact) mass is 278 g/mol.